The Morgan fingerprint density at radius 2 is 2.25 bits per heavy atom. The first-order chi connectivity index (χ1) is 1.91. The number of hydrogen-bond acceptors (Lipinski definition) is 2. The van der Waals surface area contributed by atoms with Gasteiger partial charge in [0, 0.05) is 0 Å². The van der Waals surface area contributed by atoms with Gasteiger partial charge in [-0.25, -0.2) is 0 Å². The Labute approximate surface area is 46.9 Å². The number of thiocarbonyl (C=S) groups is 1. The molecule has 21 valence electrons. The van der Waals surface area contributed by atoms with Crippen molar-refractivity contribution >= 4 is 47.0 Å². The van der Waals surface area contributed by atoms with E-state index in [1.165, 1.54) is 21.1 Å². The standard InChI is InChI=1S/CH2S2.Sn/c2-1-3;/h1H,(H,2,3);/q;+1/p-1. The fourth-order valence-corrected chi connectivity index (χ4v) is 0. The molecule has 0 aromatic carbocycles. The summed E-state index contributed by atoms with van der Waals surface area (Å²) in [5, 5.41) is 0. The summed E-state index contributed by atoms with van der Waals surface area (Å²) in [6, 6.07) is 0. The molecule has 0 aliphatic carbocycles. The van der Waals surface area contributed by atoms with Gasteiger partial charge in [-0.2, -0.15) is 0 Å². The van der Waals surface area contributed by atoms with Gasteiger partial charge in [0.15, 0.2) is 0 Å². The van der Waals surface area contributed by atoms with Crippen LogP contribution in [0.15, 0.2) is 0 Å². The summed E-state index contributed by atoms with van der Waals surface area (Å²) in [4.78, 5) is 0. The van der Waals surface area contributed by atoms with Crippen LogP contribution in [0.2, 0.25) is 0 Å². The zero-order valence-electron chi connectivity index (χ0n) is 1.89. The molecule has 0 saturated heterocycles. The van der Waals surface area contributed by atoms with Crippen LogP contribution in [-0.2, 0) is 0 Å². The predicted octanol–water partition coefficient (Wildman–Crippen LogP) is 0.760. The maximum atomic E-state index is 4.41. The molecule has 0 heterocycles. The molecule has 0 N–H and O–H groups in total. The van der Waals surface area contributed by atoms with Crippen LogP contribution in [-0.4, -0.2) is 25.8 Å². The molecule has 4 heavy (non-hydrogen) atoms. The summed E-state index contributed by atoms with van der Waals surface area (Å²) in [5.41, 5.74) is 0. The predicted molar refractivity (Wildman–Crippen MR) is 27.0 cm³/mol. The SMILES string of the molecule is S=C[S][Sn]. The minimum absolute atomic E-state index is 1.43. The van der Waals surface area contributed by atoms with E-state index in [4.69, 9.17) is 0 Å². The van der Waals surface area contributed by atoms with Gasteiger partial charge in [-0.1, -0.05) is 0 Å². The van der Waals surface area contributed by atoms with E-state index in [0.717, 1.165) is 0 Å². The van der Waals surface area contributed by atoms with Crippen molar-refractivity contribution < 1.29 is 0 Å². The second-order valence-electron chi connectivity index (χ2n) is 0.214. The van der Waals surface area contributed by atoms with Crippen molar-refractivity contribution in [2.24, 2.45) is 0 Å². The maximum absolute atomic E-state index is 4.41. The third-order valence-electron chi connectivity index (χ3n) is 0.0481. The van der Waals surface area contributed by atoms with Crippen molar-refractivity contribution in [2.75, 3.05) is 0 Å². The molecule has 0 unspecified atom stereocenters. The molecule has 0 aliphatic rings. The molecule has 0 atom stereocenters. The molecular formula is CHS2Sn. The van der Waals surface area contributed by atoms with E-state index < -0.39 is 0 Å². The quantitative estimate of drug-likeness (QED) is 0.448. The van der Waals surface area contributed by atoms with Crippen molar-refractivity contribution in [2.45, 2.75) is 0 Å². The Morgan fingerprint density at radius 1 is 2.00 bits per heavy atom. The molecular weight excluding hydrogens is 195 g/mol. The van der Waals surface area contributed by atoms with Crippen LogP contribution in [0.4, 0.5) is 0 Å². The third kappa shape index (κ3) is 3.24. The van der Waals surface area contributed by atoms with Gasteiger partial charge in [-0.05, 0) is 0 Å². The van der Waals surface area contributed by atoms with Gasteiger partial charge in [-0.15, -0.1) is 0 Å². The van der Waals surface area contributed by atoms with E-state index in [1.807, 2.05) is 0 Å². The van der Waals surface area contributed by atoms with Crippen LogP contribution < -0.4 is 0 Å². The average molecular weight is 196 g/mol. The van der Waals surface area contributed by atoms with E-state index in [9.17, 15) is 0 Å². The molecule has 0 spiro atoms. The van der Waals surface area contributed by atoms with Gasteiger partial charge in [0.1, 0.15) is 0 Å². The fourth-order valence-electron chi connectivity index (χ4n) is 0. The van der Waals surface area contributed by atoms with Gasteiger partial charge in [-0.3, -0.25) is 0 Å². The molecule has 3 heteroatoms. The van der Waals surface area contributed by atoms with Gasteiger partial charge < -0.3 is 0 Å². The molecule has 0 rings (SSSR count). The first-order valence-corrected chi connectivity index (χ1v) is 5.52. The second-order valence-corrected chi connectivity index (χ2v) is 3.24. The zero-order valence-corrected chi connectivity index (χ0v) is 6.38. The molecule has 0 saturated carbocycles. The van der Waals surface area contributed by atoms with Crippen LogP contribution in [0.3, 0.4) is 0 Å². The van der Waals surface area contributed by atoms with Crippen LogP contribution in [0.1, 0.15) is 0 Å². The molecule has 0 aliphatic heterocycles. The van der Waals surface area contributed by atoms with E-state index in [1.54, 1.807) is 13.6 Å². The second kappa shape index (κ2) is 4.24. The number of hydrogen-bond donors (Lipinski definition) is 0. The van der Waals surface area contributed by atoms with Gasteiger partial charge in [0.25, 0.3) is 0 Å². The summed E-state index contributed by atoms with van der Waals surface area (Å²) in [5.74, 6) is 0. The third-order valence-corrected chi connectivity index (χ3v) is 2.90. The molecule has 0 fully saturated rings. The molecule has 0 aromatic heterocycles. The topological polar surface area (TPSA) is 0 Å². The van der Waals surface area contributed by atoms with Gasteiger partial charge in [0.2, 0.25) is 0 Å². The number of rotatable bonds is 1. The monoisotopic (exact) mass is 197 g/mol. The van der Waals surface area contributed by atoms with Crippen molar-refractivity contribution in [3.05, 3.63) is 0 Å². The van der Waals surface area contributed by atoms with Crippen molar-refractivity contribution in [3.8, 4) is 0 Å². The molecule has 3 radical (unpaired) electrons. The summed E-state index contributed by atoms with van der Waals surface area (Å²) in [6.45, 7) is 0. The summed E-state index contributed by atoms with van der Waals surface area (Å²) < 4.78 is 1.66. The molecule has 0 aromatic rings. The fraction of sp³-hybridized carbons (Fsp3) is 0. The molecule has 0 nitrogen and oxygen atoms in total. The normalized spacial score (nSPS) is 6.25. The first-order valence-electron chi connectivity index (χ1n) is 0.676. The van der Waals surface area contributed by atoms with Crippen LogP contribution >= 0.6 is 21.2 Å². The van der Waals surface area contributed by atoms with E-state index in [-0.39, 0.29) is 0 Å². The van der Waals surface area contributed by atoms with Crippen molar-refractivity contribution in [1.82, 2.24) is 0 Å². The Bertz CT molecular complexity index is 20.0. The van der Waals surface area contributed by atoms with Crippen LogP contribution in [0, 0.1) is 0 Å². The Kier molecular flexibility index (Phi) is 5.55. The average Bonchev–Trinajstić information content (AvgIpc) is 1.37. The minimum atomic E-state index is 1.43. The van der Waals surface area contributed by atoms with Crippen molar-refractivity contribution in [1.29, 1.82) is 0 Å². The summed E-state index contributed by atoms with van der Waals surface area (Å²) >= 11 is 5.84. The van der Waals surface area contributed by atoms with Gasteiger partial charge in [0.05, 0.1) is 0 Å². The van der Waals surface area contributed by atoms with Crippen LogP contribution in [0.5, 0.6) is 0 Å². The van der Waals surface area contributed by atoms with Crippen molar-refractivity contribution in [3.63, 3.8) is 0 Å². The Balaban J connectivity index is 2.30. The summed E-state index contributed by atoms with van der Waals surface area (Å²) in [6.07, 6.45) is 0. The Hall–Kier alpha value is 1.24. The van der Waals surface area contributed by atoms with Crippen LogP contribution in [0.25, 0.3) is 0 Å². The summed E-state index contributed by atoms with van der Waals surface area (Å²) in [7, 11) is 1.64. The van der Waals surface area contributed by atoms with Gasteiger partial charge >= 0.3 is 47.0 Å². The van der Waals surface area contributed by atoms with E-state index in [2.05, 4.69) is 12.2 Å². The van der Waals surface area contributed by atoms with E-state index in [0.29, 0.717) is 0 Å². The molecule has 0 amide bonds. The Morgan fingerprint density at radius 3 is 2.25 bits per heavy atom. The molecule has 0 bridgehead atoms. The van der Waals surface area contributed by atoms with E-state index >= 15 is 0 Å². The first kappa shape index (κ1) is 5.24. The zero-order chi connectivity index (χ0) is 3.41.